The number of carbonyl (C=O) groups is 1. The maximum Gasteiger partial charge on any atom is 0.339 e. The smallest absolute Gasteiger partial charge is 0.339 e. The van der Waals surface area contributed by atoms with Gasteiger partial charge in [-0.3, -0.25) is 4.55 Å². The van der Waals surface area contributed by atoms with Crippen molar-refractivity contribution >= 4 is 27.5 Å². The molecule has 0 aliphatic rings. The molecule has 0 aliphatic heterocycles. The highest BCUT2D eigenvalue weighted by Gasteiger charge is 2.21. The van der Waals surface area contributed by atoms with Crippen LogP contribution in [0.2, 0.25) is 0 Å². The number of ether oxygens (including phenoxy) is 3. The van der Waals surface area contributed by atoms with Gasteiger partial charge in [0.15, 0.2) is 0 Å². The van der Waals surface area contributed by atoms with E-state index in [1.165, 1.54) is 31.4 Å². The van der Waals surface area contributed by atoms with Gasteiger partial charge in [-0.15, -0.1) is 0 Å². The molecule has 34 heavy (non-hydrogen) atoms. The molecule has 12 heteroatoms. The molecule has 11 nitrogen and oxygen atoms in total. The molecule has 2 aromatic rings. The minimum absolute atomic E-state index is 0.0309. The summed E-state index contributed by atoms with van der Waals surface area (Å²) in [4.78, 5) is 17.9. The van der Waals surface area contributed by atoms with E-state index in [0.717, 1.165) is 12.1 Å². The van der Waals surface area contributed by atoms with Crippen molar-refractivity contribution in [3.05, 3.63) is 75.2 Å². The minimum Gasteiger partial charge on any atom is -0.497 e. The monoisotopic (exact) mass is 478 g/mol. The summed E-state index contributed by atoms with van der Waals surface area (Å²) in [6.45, 7) is 13.7. The summed E-state index contributed by atoms with van der Waals surface area (Å²) in [7, 11) is -3.37. The van der Waals surface area contributed by atoms with Gasteiger partial charge in [0.05, 0.1) is 38.0 Å². The Labute approximate surface area is 194 Å². The van der Waals surface area contributed by atoms with E-state index in [1.807, 2.05) is 0 Å². The summed E-state index contributed by atoms with van der Waals surface area (Å²) in [5, 5.41) is 18.6. The maximum atomic E-state index is 12.3. The van der Waals surface area contributed by atoms with E-state index in [-0.39, 0.29) is 52.1 Å². The molecule has 0 saturated heterocycles. The van der Waals surface area contributed by atoms with Crippen molar-refractivity contribution in [3.8, 4) is 23.6 Å². The van der Waals surface area contributed by atoms with E-state index in [4.69, 9.17) is 27.4 Å². The summed E-state index contributed by atoms with van der Waals surface area (Å²) in [5.41, 5.74) is -1.04. The first-order valence-electron chi connectivity index (χ1n) is 9.10. The van der Waals surface area contributed by atoms with E-state index in [1.54, 1.807) is 12.1 Å². The van der Waals surface area contributed by atoms with Crippen LogP contribution in [0, 0.1) is 35.8 Å². The van der Waals surface area contributed by atoms with E-state index in [9.17, 15) is 28.3 Å². The third-order valence-corrected chi connectivity index (χ3v) is 5.12. The first-order valence-corrected chi connectivity index (χ1v) is 10.5. The Morgan fingerprint density at radius 1 is 1.03 bits per heavy atom. The molecule has 0 aliphatic carbocycles. The van der Waals surface area contributed by atoms with E-state index in [0.29, 0.717) is 0 Å². The zero-order valence-corrected chi connectivity index (χ0v) is 18.3. The van der Waals surface area contributed by atoms with Crippen molar-refractivity contribution in [2.75, 3.05) is 20.3 Å². The Kier molecular flexibility index (Phi) is 8.30. The summed E-state index contributed by atoms with van der Waals surface area (Å²) in [5.74, 6) is -1.01. The van der Waals surface area contributed by atoms with Gasteiger partial charge >= 0.3 is 5.97 Å². The second-order valence-corrected chi connectivity index (χ2v) is 7.54. The van der Waals surface area contributed by atoms with E-state index < -0.39 is 21.0 Å². The summed E-state index contributed by atoms with van der Waals surface area (Å²) >= 11 is 0. The van der Waals surface area contributed by atoms with Gasteiger partial charge in [-0.2, -0.15) is 8.42 Å². The average Bonchev–Trinajstić information content (AvgIpc) is 2.83. The molecular formula is C22H14N4O7S. The number of nitriles is 2. The van der Waals surface area contributed by atoms with Crippen LogP contribution in [0.25, 0.3) is 21.1 Å². The van der Waals surface area contributed by atoms with Gasteiger partial charge in [0.1, 0.15) is 29.6 Å². The lowest BCUT2D eigenvalue weighted by Crippen LogP contribution is -2.21. The zero-order chi connectivity index (χ0) is 25.3. The van der Waals surface area contributed by atoms with Crippen LogP contribution in [0.1, 0.15) is 10.4 Å². The predicted molar refractivity (Wildman–Crippen MR) is 116 cm³/mol. The molecule has 0 bridgehead atoms. The van der Waals surface area contributed by atoms with Crippen LogP contribution in [0.5, 0.6) is 11.5 Å². The largest absolute Gasteiger partial charge is 0.497 e. The molecule has 1 N–H and O–H groups in total. The second kappa shape index (κ2) is 11.1. The van der Waals surface area contributed by atoms with E-state index in [2.05, 4.69) is 9.69 Å². The number of methoxy groups -OCH3 is 1. The van der Waals surface area contributed by atoms with Gasteiger partial charge in [-0.25, -0.2) is 25.0 Å². The SMILES string of the molecule is [C-]#[N+]C(C#N)=c1cc(OCCOC(=O)c2ccccc2S(=O)(=O)O)c(=C(C#N)[N+]#[C-])cc1OC. The van der Waals surface area contributed by atoms with Crippen LogP contribution in [-0.2, 0) is 14.9 Å². The first-order chi connectivity index (χ1) is 16.2. The predicted octanol–water partition coefficient (Wildman–Crippen LogP) is 1.28. The third-order valence-electron chi connectivity index (χ3n) is 4.21. The molecule has 0 atom stereocenters. The number of benzene rings is 2. The molecule has 0 unspecified atom stereocenters. The molecule has 2 aromatic carbocycles. The molecule has 0 saturated carbocycles. The van der Waals surface area contributed by atoms with Crippen molar-refractivity contribution < 1.29 is 32.0 Å². The topological polar surface area (TPSA) is 155 Å². The molecular weight excluding hydrogens is 464 g/mol. The Morgan fingerprint density at radius 2 is 1.59 bits per heavy atom. The highest BCUT2D eigenvalue weighted by Crippen LogP contribution is 2.16. The van der Waals surface area contributed by atoms with Gasteiger partial charge in [0.2, 0.25) is 0 Å². The second-order valence-electron chi connectivity index (χ2n) is 6.15. The Morgan fingerprint density at radius 3 is 2.12 bits per heavy atom. The molecule has 2 rings (SSSR count). The van der Waals surface area contributed by atoms with Crippen molar-refractivity contribution in [3.63, 3.8) is 0 Å². The van der Waals surface area contributed by atoms with Crippen LogP contribution >= 0.6 is 0 Å². The number of rotatable bonds is 7. The number of hydrogen-bond donors (Lipinski definition) is 1. The lowest BCUT2D eigenvalue weighted by molar-refractivity contribution is 0.0445. The fourth-order valence-electron chi connectivity index (χ4n) is 2.73. The molecule has 0 amide bonds. The number of nitrogens with zero attached hydrogens (tertiary/aromatic N) is 4. The maximum absolute atomic E-state index is 12.3. The molecule has 0 aromatic heterocycles. The fourth-order valence-corrected chi connectivity index (χ4v) is 3.41. The summed E-state index contributed by atoms with van der Waals surface area (Å²) in [6.07, 6.45) is 0. The molecule has 0 fully saturated rings. The molecule has 0 spiro atoms. The molecule has 0 radical (unpaired) electrons. The minimum atomic E-state index is -4.66. The first kappa shape index (κ1) is 25.4. The molecule has 0 heterocycles. The van der Waals surface area contributed by atoms with Crippen LogP contribution in [0.15, 0.2) is 41.3 Å². The Bertz CT molecular complexity index is 1500. The van der Waals surface area contributed by atoms with Gasteiger partial charge in [-0.05, 0) is 24.3 Å². The standard InChI is InChI=1S/C22H14N4O7S/c1-25-17(12-23)15-11-20(16(10-19(15)31-3)18(13-24)26-2)32-8-9-33-22(27)14-6-4-5-7-21(14)34(28,29)30/h4-7,10-11H,8-9H2,3H3,(H,28,29,30). The number of hydrogen-bond acceptors (Lipinski definition) is 8. The summed E-state index contributed by atoms with van der Waals surface area (Å²) in [6, 6.07) is 10.9. The van der Waals surface area contributed by atoms with Crippen LogP contribution in [0.4, 0.5) is 0 Å². The van der Waals surface area contributed by atoms with Gasteiger partial charge in [0.25, 0.3) is 21.5 Å². The average molecular weight is 478 g/mol. The number of carbonyl (C=O) groups excluding carboxylic acids is 1. The van der Waals surface area contributed by atoms with Crippen LogP contribution in [0.3, 0.4) is 0 Å². The Balaban J connectivity index is 2.37. The van der Waals surface area contributed by atoms with Crippen LogP contribution in [-0.4, -0.2) is 39.3 Å². The highest BCUT2D eigenvalue weighted by molar-refractivity contribution is 7.86. The Hall–Kier alpha value is -4.88. The zero-order valence-electron chi connectivity index (χ0n) is 17.5. The van der Waals surface area contributed by atoms with Crippen molar-refractivity contribution in [1.82, 2.24) is 0 Å². The van der Waals surface area contributed by atoms with Gasteiger partial charge in [-0.1, -0.05) is 12.1 Å². The molecule has 170 valence electrons. The van der Waals surface area contributed by atoms with Gasteiger partial charge < -0.3 is 14.2 Å². The number of esters is 1. The van der Waals surface area contributed by atoms with Crippen molar-refractivity contribution in [1.29, 1.82) is 10.5 Å². The quantitative estimate of drug-likeness (QED) is 0.268. The van der Waals surface area contributed by atoms with Crippen LogP contribution < -0.4 is 19.9 Å². The highest BCUT2D eigenvalue weighted by atomic mass is 32.2. The fraction of sp³-hybridized carbons (Fsp3) is 0.136. The third kappa shape index (κ3) is 5.67. The van der Waals surface area contributed by atoms with Crippen molar-refractivity contribution in [2.24, 2.45) is 0 Å². The normalized spacial score (nSPS) is 12.1. The van der Waals surface area contributed by atoms with Gasteiger partial charge in [0, 0.05) is 10.4 Å². The lowest BCUT2D eigenvalue weighted by Gasteiger charge is -2.11. The van der Waals surface area contributed by atoms with E-state index >= 15 is 0 Å². The van der Waals surface area contributed by atoms with Crippen molar-refractivity contribution in [2.45, 2.75) is 4.90 Å². The summed E-state index contributed by atoms with van der Waals surface area (Å²) < 4.78 is 47.8. The lowest BCUT2D eigenvalue weighted by atomic mass is 10.1.